The summed E-state index contributed by atoms with van der Waals surface area (Å²) in [5.74, 6) is -0.503. The van der Waals surface area contributed by atoms with Gasteiger partial charge in [-0.2, -0.15) is 5.10 Å². The topological polar surface area (TPSA) is 90.9 Å². The van der Waals surface area contributed by atoms with Gasteiger partial charge in [0.15, 0.2) is 0 Å². The van der Waals surface area contributed by atoms with Crippen molar-refractivity contribution in [3.8, 4) is 22.5 Å². The van der Waals surface area contributed by atoms with Crippen molar-refractivity contribution in [3.63, 3.8) is 0 Å². The minimum Gasteiger partial charge on any atom is -0.396 e. The summed E-state index contributed by atoms with van der Waals surface area (Å²) in [7, 11) is 0. The highest BCUT2D eigenvalue weighted by atomic mass is 19.1. The lowest BCUT2D eigenvalue weighted by molar-refractivity contribution is 0.0922. The number of aliphatic hydroxyl groups is 1. The molecule has 0 aliphatic carbocycles. The van der Waals surface area contributed by atoms with Crippen LogP contribution in [0.1, 0.15) is 29.4 Å². The van der Waals surface area contributed by atoms with E-state index in [-0.39, 0.29) is 30.3 Å². The lowest BCUT2D eigenvalue weighted by Gasteiger charge is -2.21. The fourth-order valence-corrected chi connectivity index (χ4v) is 3.89. The van der Waals surface area contributed by atoms with Crippen LogP contribution < -0.4 is 5.32 Å². The van der Waals surface area contributed by atoms with E-state index in [1.165, 1.54) is 12.1 Å². The third kappa shape index (κ3) is 5.94. The van der Waals surface area contributed by atoms with Crippen molar-refractivity contribution in [2.24, 2.45) is 5.92 Å². The third-order valence-electron chi connectivity index (χ3n) is 5.68. The first-order chi connectivity index (χ1) is 16.5. The Morgan fingerprint density at radius 1 is 1.03 bits per heavy atom. The zero-order valence-corrected chi connectivity index (χ0v) is 18.9. The number of pyridine rings is 1. The molecule has 0 bridgehead atoms. The van der Waals surface area contributed by atoms with Crippen molar-refractivity contribution in [2.45, 2.75) is 25.8 Å². The summed E-state index contributed by atoms with van der Waals surface area (Å²) in [5.41, 5.74) is 4.40. The van der Waals surface area contributed by atoms with Crippen molar-refractivity contribution < 1.29 is 14.3 Å². The van der Waals surface area contributed by atoms with Crippen LogP contribution in [0.2, 0.25) is 0 Å². The summed E-state index contributed by atoms with van der Waals surface area (Å²) in [6, 6.07) is 21.4. The van der Waals surface area contributed by atoms with E-state index in [1.807, 2.05) is 55.5 Å². The molecule has 0 fully saturated rings. The molecular weight excluding hydrogens is 431 g/mol. The predicted molar refractivity (Wildman–Crippen MR) is 129 cm³/mol. The van der Waals surface area contributed by atoms with Crippen LogP contribution in [-0.2, 0) is 6.42 Å². The quantitative estimate of drug-likeness (QED) is 0.341. The van der Waals surface area contributed by atoms with Crippen molar-refractivity contribution in [2.75, 3.05) is 6.61 Å². The first kappa shape index (κ1) is 23.3. The molecule has 174 valence electrons. The number of aliphatic hydroxyl groups excluding tert-OH is 1. The van der Waals surface area contributed by atoms with Gasteiger partial charge in [0, 0.05) is 18.8 Å². The van der Waals surface area contributed by atoms with Gasteiger partial charge in [0.2, 0.25) is 0 Å². The highest BCUT2D eigenvalue weighted by molar-refractivity contribution is 5.93. The van der Waals surface area contributed by atoms with Gasteiger partial charge in [0.1, 0.15) is 17.2 Å². The Morgan fingerprint density at radius 2 is 1.85 bits per heavy atom. The maximum atomic E-state index is 13.5. The van der Waals surface area contributed by atoms with Gasteiger partial charge in [-0.05, 0) is 65.8 Å². The maximum Gasteiger partial charge on any atom is 0.269 e. The summed E-state index contributed by atoms with van der Waals surface area (Å²) in [5, 5.41) is 19.6. The van der Waals surface area contributed by atoms with E-state index in [0.29, 0.717) is 29.9 Å². The van der Waals surface area contributed by atoms with Gasteiger partial charge in [0.05, 0.1) is 5.69 Å². The van der Waals surface area contributed by atoms with E-state index in [9.17, 15) is 14.3 Å². The normalized spacial score (nSPS) is 12.8. The maximum absolute atomic E-state index is 13.5. The van der Waals surface area contributed by atoms with Gasteiger partial charge in [-0.15, -0.1) is 0 Å². The van der Waals surface area contributed by atoms with Gasteiger partial charge in [-0.1, -0.05) is 49.4 Å². The molecule has 0 saturated heterocycles. The van der Waals surface area contributed by atoms with Crippen LogP contribution in [0.25, 0.3) is 22.5 Å². The monoisotopic (exact) mass is 458 g/mol. The number of benzene rings is 2. The molecule has 6 nitrogen and oxygen atoms in total. The van der Waals surface area contributed by atoms with Crippen LogP contribution in [0.15, 0.2) is 79.0 Å². The number of nitrogens with one attached hydrogen (secondary N) is 2. The molecule has 1 amide bonds. The summed E-state index contributed by atoms with van der Waals surface area (Å²) in [4.78, 5) is 17.2. The first-order valence-corrected chi connectivity index (χ1v) is 11.2. The second-order valence-corrected chi connectivity index (χ2v) is 8.49. The Morgan fingerprint density at radius 3 is 2.56 bits per heavy atom. The summed E-state index contributed by atoms with van der Waals surface area (Å²) >= 11 is 0. The molecule has 3 N–H and O–H groups in total. The van der Waals surface area contributed by atoms with E-state index < -0.39 is 0 Å². The molecule has 4 aromatic rings. The Kier molecular flexibility index (Phi) is 7.44. The summed E-state index contributed by atoms with van der Waals surface area (Å²) in [6.07, 6.45) is 2.89. The number of nitrogens with zero attached hydrogens (tertiary/aromatic N) is 2. The molecule has 0 unspecified atom stereocenters. The van der Waals surface area contributed by atoms with E-state index in [1.54, 1.807) is 18.3 Å². The highest BCUT2D eigenvalue weighted by Gasteiger charge is 2.19. The molecule has 2 aromatic carbocycles. The number of rotatable bonds is 9. The molecule has 0 saturated carbocycles. The zero-order valence-electron chi connectivity index (χ0n) is 18.9. The Balaban J connectivity index is 1.46. The minimum absolute atomic E-state index is 0.0303. The number of carbonyl (C=O) groups excluding carboxylic acids is 1. The van der Waals surface area contributed by atoms with Crippen LogP contribution in [-0.4, -0.2) is 38.8 Å². The Labute approximate surface area is 197 Å². The first-order valence-electron chi connectivity index (χ1n) is 11.2. The number of hydrogen-bond acceptors (Lipinski definition) is 4. The second-order valence-electron chi connectivity index (χ2n) is 8.49. The number of aromatic nitrogens is 3. The molecule has 2 heterocycles. The molecule has 2 aromatic heterocycles. The van der Waals surface area contributed by atoms with E-state index in [0.717, 1.165) is 16.7 Å². The molecule has 0 radical (unpaired) electrons. The Bertz CT molecular complexity index is 1220. The van der Waals surface area contributed by atoms with Crippen LogP contribution in [0.3, 0.4) is 0 Å². The molecule has 34 heavy (non-hydrogen) atoms. The highest BCUT2D eigenvalue weighted by Crippen LogP contribution is 2.22. The fraction of sp³-hybridized carbons (Fsp3) is 0.222. The smallest absolute Gasteiger partial charge is 0.269 e. The Hall–Kier alpha value is -3.84. The van der Waals surface area contributed by atoms with E-state index in [2.05, 4.69) is 20.5 Å². The van der Waals surface area contributed by atoms with Crippen molar-refractivity contribution in [1.29, 1.82) is 0 Å². The molecule has 7 heteroatoms. The lowest BCUT2D eigenvalue weighted by Crippen LogP contribution is -2.38. The summed E-state index contributed by atoms with van der Waals surface area (Å²) in [6.45, 7) is 1.99. The van der Waals surface area contributed by atoms with Gasteiger partial charge >= 0.3 is 0 Å². The fourth-order valence-electron chi connectivity index (χ4n) is 3.89. The van der Waals surface area contributed by atoms with Gasteiger partial charge < -0.3 is 10.4 Å². The van der Waals surface area contributed by atoms with E-state index in [4.69, 9.17) is 0 Å². The summed E-state index contributed by atoms with van der Waals surface area (Å²) < 4.78 is 13.5. The number of hydrogen-bond donors (Lipinski definition) is 3. The number of amides is 1. The predicted octanol–water partition coefficient (Wildman–Crippen LogP) is 4.64. The van der Waals surface area contributed by atoms with Crippen molar-refractivity contribution in [1.82, 2.24) is 20.5 Å². The molecule has 0 aliphatic rings. The number of H-pyrrole nitrogens is 1. The van der Waals surface area contributed by atoms with Crippen LogP contribution >= 0.6 is 0 Å². The standard InChI is InChI=1S/C27H27FN4O2/c1-18(17-33)13-23(14-19-8-10-20(11-9-19)21-5-4-6-22(28)15-21)30-27(34)26-16-25(31-32-26)24-7-2-3-12-29-24/h2-12,15-16,18,23,33H,13-14,17H2,1H3,(H,30,34)(H,31,32)/t18-,23-/m0/s1. The number of carbonyl (C=O) groups is 1. The van der Waals surface area contributed by atoms with Crippen molar-refractivity contribution >= 4 is 5.91 Å². The molecule has 0 spiro atoms. The van der Waals surface area contributed by atoms with Crippen LogP contribution in [0.4, 0.5) is 4.39 Å². The molecule has 2 atom stereocenters. The largest absolute Gasteiger partial charge is 0.396 e. The van der Waals surface area contributed by atoms with Gasteiger partial charge in [0.25, 0.3) is 5.91 Å². The second kappa shape index (κ2) is 10.9. The van der Waals surface area contributed by atoms with Crippen molar-refractivity contribution in [3.05, 3.63) is 96.1 Å². The number of aromatic amines is 1. The zero-order chi connectivity index (χ0) is 23.9. The van der Waals surface area contributed by atoms with Crippen LogP contribution in [0.5, 0.6) is 0 Å². The SMILES string of the molecule is C[C@H](CO)C[C@@H](Cc1ccc(-c2cccc(F)c2)cc1)NC(=O)c1cc(-c2ccccn2)n[nH]1. The minimum atomic E-state index is -0.271. The average molecular weight is 459 g/mol. The molecule has 0 aliphatic heterocycles. The number of halogens is 1. The third-order valence-corrected chi connectivity index (χ3v) is 5.68. The van der Waals surface area contributed by atoms with Crippen LogP contribution in [0, 0.1) is 11.7 Å². The molecular formula is C27H27FN4O2. The molecule has 4 rings (SSSR count). The average Bonchev–Trinajstić information content (AvgIpc) is 3.35. The van der Waals surface area contributed by atoms with Gasteiger partial charge in [-0.25, -0.2) is 4.39 Å². The van der Waals surface area contributed by atoms with E-state index >= 15 is 0 Å². The lowest BCUT2D eigenvalue weighted by atomic mass is 9.95. The van der Waals surface area contributed by atoms with Gasteiger partial charge in [-0.3, -0.25) is 14.9 Å².